The van der Waals surface area contributed by atoms with E-state index in [2.05, 4.69) is 27.7 Å². The molecular weight excluding hydrogens is 355 g/mol. The Morgan fingerprint density at radius 3 is 2.47 bits per heavy atom. The van der Waals surface area contributed by atoms with E-state index in [1.807, 2.05) is 33.0 Å². The van der Waals surface area contributed by atoms with Crippen molar-refractivity contribution in [3.05, 3.63) is 44.8 Å². The van der Waals surface area contributed by atoms with Crippen molar-refractivity contribution in [2.45, 2.75) is 20.3 Å². The van der Waals surface area contributed by atoms with Crippen LogP contribution in [0.2, 0.25) is 0 Å². The lowest BCUT2D eigenvalue weighted by Crippen LogP contribution is -2.12. The number of halogens is 1. The Bertz CT molecular complexity index is 603. The minimum Gasteiger partial charge on any atom is -0.426 e. The van der Waals surface area contributed by atoms with Crippen molar-refractivity contribution in [3.63, 3.8) is 0 Å². The van der Waals surface area contributed by atoms with Crippen LogP contribution in [0.25, 0.3) is 0 Å². The standard InChI is InChI=1S/C14H15IN2O2/c1-9-13(10(2)17(3)16-9)8-14(18)19-12-6-4-11(15)5-7-12/h4-7H,8H2,1-3H3. The van der Waals surface area contributed by atoms with Crippen molar-refractivity contribution in [2.24, 2.45) is 7.05 Å². The predicted molar refractivity (Wildman–Crippen MR) is 81.2 cm³/mol. The van der Waals surface area contributed by atoms with E-state index in [1.165, 1.54) is 0 Å². The summed E-state index contributed by atoms with van der Waals surface area (Å²) in [5.74, 6) is 0.310. The van der Waals surface area contributed by atoms with Gasteiger partial charge in [0.1, 0.15) is 5.75 Å². The number of carbonyl (C=O) groups is 1. The van der Waals surface area contributed by atoms with Gasteiger partial charge in [0.05, 0.1) is 12.1 Å². The van der Waals surface area contributed by atoms with Gasteiger partial charge in [0.25, 0.3) is 0 Å². The van der Waals surface area contributed by atoms with Gasteiger partial charge in [0.2, 0.25) is 0 Å². The zero-order valence-electron chi connectivity index (χ0n) is 11.1. The number of benzene rings is 1. The Labute approximate surface area is 125 Å². The number of ether oxygens (including phenoxy) is 1. The highest BCUT2D eigenvalue weighted by Gasteiger charge is 2.14. The Balaban J connectivity index is 2.07. The SMILES string of the molecule is Cc1nn(C)c(C)c1CC(=O)Oc1ccc(I)cc1. The highest BCUT2D eigenvalue weighted by molar-refractivity contribution is 14.1. The average Bonchev–Trinajstić information content (AvgIpc) is 2.59. The van der Waals surface area contributed by atoms with Crippen LogP contribution in [-0.4, -0.2) is 15.7 Å². The van der Waals surface area contributed by atoms with E-state index in [0.717, 1.165) is 20.5 Å². The molecule has 1 aromatic heterocycles. The molecule has 2 aromatic rings. The molecule has 100 valence electrons. The van der Waals surface area contributed by atoms with Crippen LogP contribution in [-0.2, 0) is 18.3 Å². The van der Waals surface area contributed by atoms with Crippen LogP contribution in [0.3, 0.4) is 0 Å². The third-order valence-electron chi connectivity index (χ3n) is 3.03. The summed E-state index contributed by atoms with van der Waals surface area (Å²) in [5.41, 5.74) is 2.81. The molecule has 0 aliphatic heterocycles. The van der Waals surface area contributed by atoms with Gasteiger partial charge in [-0.05, 0) is 60.7 Å². The smallest absolute Gasteiger partial charge is 0.315 e. The molecule has 0 radical (unpaired) electrons. The van der Waals surface area contributed by atoms with E-state index in [4.69, 9.17) is 4.74 Å². The van der Waals surface area contributed by atoms with Crippen LogP contribution in [0.1, 0.15) is 17.0 Å². The zero-order chi connectivity index (χ0) is 14.0. The summed E-state index contributed by atoms with van der Waals surface area (Å²) in [4.78, 5) is 11.9. The molecule has 1 aromatic carbocycles. The quantitative estimate of drug-likeness (QED) is 0.474. The molecule has 4 nitrogen and oxygen atoms in total. The van der Waals surface area contributed by atoms with Crippen LogP contribution in [0.15, 0.2) is 24.3 Å². The molecule has 0 aliphatic rings. The van der Waals surface area contributed by atoms with E-state index in [-0.39, 0.29) is 12.4 Å². The molecule has 0 aliphatic carbocycles. The van der Waals surface area contributed by atoms with Crippen LogP contribution in [0.5, 0.6) is 5.75 Å². The van der Waals surface area contributed by atoms with Gasteiger partial charge in [-0.25, -0.2) is 0 Å². The molecular formula is C14H15IN2O2. The highest BCUT2D eigenvalue weighted by Crippen LogP contribution is 2.16. The summed E-state index contributed by atoms with van der Waals surface area (Å²) in [6, 6.07) is 7.40. The van der Waals surface area contributed by atoms with Gasteiger partial charge in [-0.2, -0.15) is 5.10 Å². The number of carbonyl (C=O) groups excluding carboxylic acids is 1. The molecule has 0 atom stereocenters. The molecule has 0 saturated heterocycles. The topological polar surface area (TPSA) is 44.1 Å². The first-order valence-electron chi connectivity index (χ1n) is 5.92. The van der Waals surface area contributed by atoms with E-state index >= 15 is 0 Å². The van der Waals surface area contributed by atoms with E-state index in [0.29, 0.717) is 5.75 Å². The molecule has 0 spiro atoms. The summed E-state index contributed by atoms with van der Waals surface area (Å²) in [7, 11) is 1.87. The summed E-state index contributed by atoms with van der Waals surface area (Å²) in [6.07, 6.45) is 0.248. The monoisotopic (exact) mass is 370 g/mol. The van der Waals surface area contributed by atoms with Gasteiger partial charge in [-0.1, -0.05) is 0 Å². The van der Waals surface area contributed by atoms with E-state index in [9.17, 15) is 4.79 Å². The van der Waals surface area contributed by atoms with Gasteiger partial charge in [-0.15, -0.1) is 0 Å². The lowest BCUT2D eigenvalue weighted by molar-refractivity contribution is -0.133. The second kappa shape index (κ2) is 5.73. The van der Waals surface area contributed by atoms with Crippen molar-refractivity contribution >= 4 is 28.6 Å². The van der Waals surface area contributed by atoms with Gasteiger partial charge < -0.3 is 4.74 Å². The Morgan fingerprint density at radius 1 is 1.32 bits per heavy atom. The molecule has 19 heavy (non-hydrogen) atoms. The van der Waals surface area contributed by atoms with Crippen molar-refractivity contribution in [1.29, 1.82) is 0 Å². The fourth-order valence-corrected chi connectivity index (χ4v) is 2.25. The number of aromatic nitrogens is 2. The molecule has 0 saturated carbocycles. The Hall–Kier alpha value is -1.37. The number of hydrogen-bond donors (Lipinski definition) is 0. The van der Waals surface area contributed by atoms with E-state index < -0.39 is 0 Å². The summed E-state index contributed by atoms with van der Waals surface area (Å²) >= 11 is 2.21. The third kappa shape index (κ3) is 3.34. The van der Waals surface area contributed by atoms with Gasteiger partial charge in [-0.3, -0.25) is 9.48 Å². The van der Waals surface area contributed by atoms with Crippen molar-refractivity contribution in [1.82, 2.24) is 9.78 Å². The maximum Gasteiger partial charge on any atom is 0.315 e. The fourth-order valence-electron chi connectivity index (χ4n) is 1.89. The maximum atomic E-state index is 11.9. The normalized spacial score (nSPS) is 10.5. The average molecular weight is 370 g/mol. The minimum atomic E-state index is -0.264. The molecule has 0 N–H and O–H groups in total. The zero-order valence-corrected chi connectivity index (χ0v) is 13.3. The highest BCUT2D eigenvalue weighted by atomic mass is 127. The summed E-state index contributed by atoms with van der Waals surface area (Å²) in [6.45, 7) is 3.86. The van der Waals surface area contributed by atoms with E-state index in [1.54, 1.807) is 16.8 Å². The molecule has 5 heteroatoms. The first-order chi connectivity index (χ1) is 8.97. The number of esters is 1. The lowest BCUT2D eigenvalue weighted by atomic mass is 10.1. The number of rotatable bonds is 3. The summed E-state index contributed by atoms with van der Waals surface area (Å²) in [5, 5.41) is 4.29. The Morgan fingerprint density at radius 2 is 1.95 bits per heavy atom. The third-order valence-corrected chi connectivity index (χ3v) is 3.74. The van der Waals surface area contributed by atoms with Crippen LogP contribution >= 0.6 is 22.6 Å². The Kier molecular flexibility index (Phi) is 4.24. The van der Waals surface area contributed by atoms with Crippen LogP contribution < -0.4 is 4.74 Å². The first kappa shape index (κ1) is 14.0. The summed E-state index contributed by atoms with van der Waals surface area (Å²) < 4.78 is 8.20. The molecule has 2 rings (SSSR count). The minimum absolute atomic E-state index is 0.248. The molecule has 0 amide bonds. The number of aryl methyl sites for hydroxylation is 2. The lowest BCUT2D eigenvalue weighted by Gasteiger charge is -2.05. The largest absolute Gasteiger partial charge is 0.426 e. The fraction of sp³-hybridized carbons (Fsp3) is 0.286. The van der Waals surface area contributed by atoms with Crippen LogP contribution in [0, 0.1) is 17.4 Å². The predicted octanol–water partition coefficient (Wildman–Crippen LogP) is 2.79. The van der Waals surface area contributed by atoms with Gasteiger partial charge in [0.15, 0.2) is 0 Å². The second-order valence-electron chi connectivity index (χ2n) is 4.38. The van der Waals surface area contributed by atoms with Crippen molar-refractivity contribution < 1.29 is 9.53 Å². The van der Waals surface area contributed by atoms with Crippen molar-refractivity contribution in [2.75, 3.05) is 0 Å². The molecule has 1 heterocycles. The second-order valence-corrected chi connectivity index (χ2v) is 5.62. The number of nitrogens with zero attached hydrogens (tertiary/aromatic N) is 2. The van der Waals surface area contributed by atoms with Gasteiger partial charge >= 0.3 is 5.97 Å². The number of hydrogen-bond acceptors (Lipinski definition) is 3. The molecule has 0 bridgehead atoms. The molecule has 0 fully saturated rings. The van der Waals surface area contributed by atoms with Gasteiger partial charge in [0, 0.05) is 21.9 Å². The molecule has 0 unspecified atom stereocenters. The maximum absolute atomic E-state index is 11.9. The van der Waals surface area contributed by atoms with Crippen molar-refractivity contribution in [3.8, 4) is 5.75 Å². The first-order valence-corrected chi connectivity index (χ1v) is 7.00. The van der Waals surface area contributed by atoms with Crippen LogP contribution in [0.4, 0.5) is 0 Å².